The first-order valence-corrected chi connectivity index (χ1v) is 11.6. The molecule has 0 saturated carbocycles. The van der Waals surface area contributed by atoms with Gasteiger partial charge in [0.25, 0.3) is 0 Å². The Balaban J connectivity index is 1.69. The maximum Gasteiger partial charge on any atom is 0.240 e. The number of nitrogens with zero attached hydrogens (tertiary/aromatic N) is 2. The van der Waals surface area contributed by atoms with Gasteiger partial charge in [0.15, 0.2) is 0 Å². The highest BCUT2D eigenvalue weighted by molar-refractivity contribution is 7.89. The fraction of sp³-hybridized carbons (Fsp3) is 0.409. The van der Waals surface area contributed by atoms with E-state index >= 15 is 0 Å². The molecule has 2 aromatic rings. The lowest BCUT2D eigenvalue weighted by molar-refractivity contribution is -0.117. The Bertz CT molecular complexity index is 967. The molecular formula is C22H29N3O3S. The van der Waals surface area contributed by atoms with Crippen LogP contribution in [0.2, 0.25) is 0 Å². The van der Waals surface area contributed by atoms with Crippen molar-refractivity contribution in [1.29, 1.82) is 0 Å². The molecule has 1 fully saturated rings. The molecule has 3 rings (SSSR count). The summed E-state index contributed by atoms with van der Waals surface area (Å²) in [5, 5.41) is 0. The van der Waals surface area contributed by atoms with Crippen molar-refractivity contribution < 1.29 is 13.2 Å². The Hall–Kier alpha value is -2.38. The fourth-order valence-electron chi connectivity index (χ4n) is 3.68. The van der Waals surface area contributed by atoms with Crippen LogP contribution in [-0.4, -0.2) is 34.0 Å². The summed E-state index contributed by atoms with van der Waals surface area (Å²) < 4.78 is 28.1. The van der Waals surface area contributed by atoms with E-state index in [0.29, 0.717) is 13.0 Å². The van der Waals surface area contributed by atoms with E-state index in [4.69, 9.17) is 0 Å². The SMILES string of the molecule is CCN(CC)c1ccc(CNS(=O)(=O)c2ccc(N3CCCC3=O)c(C)c2)cc1. The summed E-state index contributed by atoms with van der Waals surface area (Å²) in [5.41, 5.74) is 3.61. The van der Waals surface area contributed by atoms with Gasteiger partial charge in [-0.25, -0.2) is 13.1 Å². The highest BCUT2D eigenvalue weighted by Gasteiger charge is 2.24. The molecule has 7 heteroatoms. The average Bonchev–Trinajstić information content (AvgIpc) is 3.14. The van der Waals surface area contributed by atoms with Crippen LogP contribution in [0.5, 0.6) is 0 Å². The lowest BCUT2D eigenvalue weighted by atomic mass is 10.2. The normalized spacial score (nSPS) is 14.4. The van der Waals surface area contributed by atoms with E-state index in [-0.39, 0.29) is 17.3 Å². The first kappa shape index (κ1) is 21.3. The van der Waals surface area contributed by atoms with E-state index < -0.39 is 10.0 Å². The fourth-order valence-corrected chi connectivity index (χ4v) is 4.78. The number of carbonyl (C=O) groups is 1. The minimum absolute atomic E-state index is 0.0926. The van der Waals surface area contributed by atoms with Gasteiger partial charge in [0.1, 0.15) is 0 Å². The zero-order chi connectivity index (χ0) is 21.0. The van der Waals surface area contributed by atoms with Crippen molar-refractivity contribution in [1.82, 2.24) is 4.72 Å². The summed E-state index contributed by atoms with van der Waals surface area (Å²) in [4.78, 5) is 16.2. The van der Waals surface area contributed by atoms with Crippen LogP contribution in [-0.2, 0) is 21.4 Å². The molecule has 0 spiro atoms. The lowest BCUT2D eigenvalue weighted by Gasteiger charge is -2.21. The summed E-state index contributed by atoms with van der Waals surface area (Å²) in [6.45, 7) is 8.84. The number of rotatable bonds is 8. The number of nitrogens with one attached hydrogen (secondary N) is 1. The number of benzene rings is 2. The van der Waals surface area contributed by atoms with Crippen LogP contribution in [0, 0.1) is 6.92 Å². The van der Waals surface area contributed by atoms with Crippen LogP contribution in [0.4, 0.5) is 11.4 Å². The van der Waals surface area contributed by atoms with Crippen LogP contribution >= 0.6 is 0 Å². The Labute approximate surface area is 173 Å². The summed E-state index contributed by atoms with van der Waals surface area (Å²) in [7, 11) is -3.63. The molecule has 0 aliphatic carbocycles. The van der Waals surface area contributed by atoms with E-state index in [9.17, 15) is 13.2 Å². The van der Waals surface area contributed by atoms with E-state index in [1.807, 2.05) is 31.2 Å². The topological polar surface area (TPSA) is 69.7 Å². The van der Waals surface area contributed by atoms with Gasteiger partial charge < -0.3 is 9.80 Å². The molecule has 1 aliphatic rings. The van der Waals surface area contributed by atoms with Crippen molar-refractivity contribution in [3.63, 3.8) is 0 Å². The van der Waals surface area contributed by atoms with Crippen molar-refractivity contribution >= 4 is 27.3 Å². The molecular weight excluding hydrogens is 386 g/mol. The van der Waals surface area contributed by atoms with Crippen LogP contribution in [0.25, 0.3) is 0 Å². The molecule has 2 aromatic carbocycles. The molecule has 1 saturated heterocycles. The molecule has 1 heterocycles. The highest BCUT2D eigenvalue weighted by Crippen LogP contribution is 2.27. The van der Waals surface area contributed by atoms with Crippen molar-refractivity contribution in [2.45, 2.75) is 45.1 Å². The summed E-state index contributed by atoms with van der Waals surface area (Å²) in [5.74, 6) is 0.0926. The lowest BCUT2D eigenvalue weighted by Crippen LogP contribution is -2.26. The van der Waals surface area contributed by atoms with Crippen LogP contribution < -0.4 is 14.5 Å². The molecule has 1 amide bonds. The molecule has 0 radical (unpaired) electrons. The number of anilines is 2. The standard InChI is InChI=1S/C22H29N3O3S/c1-4-24(5-2)19-10-8-18(9-11-19)16-23-29(27,28)20-12-13-21(17(3)15-20)25-14-6-7-22(25)26/h8-13,15,23H,4-7,14,16H2,1-3H3. The van der Waals surface area contributed by atoms with Crippen molar-refractivity contribution in [3.05, 3.63) is 53.6 Å². The number of aryl methyl sites for hydroxylation is 1. The Morgan fingerprint density at radius 2 is 1.76 bits per heavy atom. The molecule has 156 valence electrons. The van der Waals surface area contributed by atoms with Gasteiger partial charge in [-0.3, -0.25) is 4.79 Å². The summed E-state index contributed by atoms with van der Waals surface area (Å²) in [6.07, 6.45) is 1.39. The minimum atomic E-state index is -3.63. The van der Waals surface area contributed by atoms with Gasteiger partial charge in [-0.1, -0.05) is 12.1 Å². The van der Waals surface area contributed by atoms with E-state index in [2.05, 4.69) is 23.5 Å². The number of carbonyl (C=O) groups excluding carboxylic acids is 1. The second kappa shape index (κ2) is 8.97. The predicted molar refractivity (Wildman–Crippen MR) is 117 cm³/mol. The first-order chi connectivity index (χ1) is 13.9. The molecule has 0 atom stereocenters. The minimum Gasteiger partial charge on any atom is -0.372 e. The zero-order valence-corrected chi connectivity index (χ0v) is 18.1. The average molecular weight is 416 g/mol. The Morgan fingerprint density at radius 1 is 1.07 bits per heavy atom. The van der Waals surface area contributed by atoms with Crippen LogP contribution in [0.15, 0.2) is 47.4 Å². The number of hydrogen-bond acceptors (Lipinski definition) is 4. The predicted octanol–water partition coefficient (Wildman–Crippen LogP) is 3.45. The van der Waals surface area contributed by atoms with Crippen LogP contribution in [0.3, 0.4) is 0 Å². The van der Waals surface area contributed by atoms with Crippen LogP contribution in [0.1, 0.15) is 37.8 Å². The molecule has 1 aliphatic heterocycles. The molecule has 0 bridgehead atoms. The smallest absolute Gasteiger partial charge is 0.240 e. The molecule has 29 heavy (non-hydrogen) atoms. The number of amides is 1. The van der Waals surface area contributed by atoms with E-state index in [0.717, 1.165) is 42.0 Å². The van der Waals surface area contributed by atoms with Gasteiger partial charge in [0.2, 0.25) is 15.9 Å². The Kier molecular flexibility index (Phi) is 6.59. The monoisotopic (exact) mass is 415 g/mol. The second-order valence-electron chi connectivity index (χ2n) is 7.26. The first-order valence-electron chi connectivity index (χ1n) is 10.1. The third-order valence-corrected chi connectivity index (χ3v) is 6.77. The van der Waals surface area contributed by atoms with Gasteiger partial charge >= 0.3 is 0 Å². The summed E-state index contributed by atoms with van der Waals surface area (Å²) in [6, 6.07) is 12.9. The molecule has 0 unspecified atom stereocenters. The van der Waals surface area contributed by atoms with E-state index in [1.54, 1.807) is 23.1 Å². The zero-order valence-electron chi connectivity index (χ0n) is 17.3. The van der Waals surface area contributed by atoms with Gasteiger partial charge in [-0.2, -0.15) is 0 Å². The maximum atomic E-state index is 12.7. The van der Waals surface area contributed by atoms with Gasteiger partial charge in [0.05, 0.1) is 4.90 Å². The van der Waals surface area contributed by atoms with Crippen molar-refractivity contribution in [2.75, 3.05) is 29.4 Å². The molecule has 6 nitrogen and oxygen atoms in total. The number of sulfonamides is 1. The molecule has 1 N–H and O–H groups in total. The summed E-state index contributed by atoms with van der Waals surface area (Å²) >= 11 is 0. The van der Waals surface area contributed by atoms with E-state index in [1.165, 1.54) is 0 Å². The third kappa shape index (κ3) is 4.79. The quantitative estimate of drug-likeness (QED) is 0.717. The maximum absolute atomic E-state index is 12.7. The second-order valence-corrected chi connectivity index (χ2v) is 9.03. The Morgan fingerprint density at radius 3 is 2.31 bits per heavy atom. The van der Waals surface area contributed by atoms with Gasteiger partial charge in [0, 0.05) is 44.0 Å². The van der Waals surface area contributed by atoms with Crippen molar-refractivity contribution in [2.24, 2.45) is 0 Å². The highest BCUT2D eigenvalue weighted by atomic mass is 32.2. The van der Waals surface area contributed by atoms with Crippen molar-refractivity contribution in [3.8, 4) is 0 Å². The van der Waals surface area contributed by atoms with Gasteiger partial charge in [-0.15, -0.1) is 0 Å². The van der Waals surface area contributed by atoms with Gasteiger partial charge in [-0.05, 0) is 68.7 Å². The molecule has 0 aromatic heterocycles. The number of hydrogen-bond donors (Lipinski definition) is 1. The third-order valence-electron chi connectivity index (χ3n) is 5.37. The largest absolute Gasteiger partial charge is 0.372 e.